The van der Waals surface area contributed by atoms with Crippen molar-refractivity contribution in [3.05, 3.63) is 45.9 Å². The number of anilines is 1. The lowest BCUT2D eigenvalue weighted by atomic mass is 10.1. The second-order valence-electron chi connectivity index (χ2n) is 7.12. The molecule has 0 aliphatic carbocycles. The Hall–Kier alpha value is -2.12. The summed E-state index contributed by atoms with van der Waals surface area (Å²) < 4.78 is 106. The second kappa shape index (κ2) is 9.02. The molecule has 3 rings (SSSR count). The molecule has 0 unspecified atom stereocenters. The lowest BCUT2D eigenvalue weighted by molar-refractivity contribution is -0.139. The fourth-order valence-electron chi connectivity index (χ4n) is 3.25. The number of hydrogen-bond acceptors (Lipinski definition) is 5. The zero-order valence-electron chi connectivity index (χ0n) is 16.8. The van der Waals surface area contributed by atoms with Crippen LogP contribution in [0.25, 0.3) is 0 Å². The molecule has 1 aliphatic heterocycles. The molecule has 0 saturated carbocycles. The van der Waals surface area contributed by atoms with E-state index in [1.807, 2.05) is 9.62 Å². The highest BCUT2D eigenvalue weighted by atomic mass is 79.9. The first-order valence-corrected chi connectivity index (χ1v) is 11.4. The summed E-state index contributed by atoms with van der Waals surface area (Å²) in [7, 11) is -1.87. The zero-order valence-corrected chi connectivity index (χ0v) is 19.2. The molecule has 1 heterocycles. The Morgan fingerprint density at radius 3 is 2.41 bits per heavy atom. The van der Waals surface area contributed by atoms with E-state index in [1.165, 1.54) is 0 Å². The van der Waals surface area contributed by atoms with Crippen molar-refractivity contribution in [1.29, 1.82) is 0 Å². The average molecular weight is 545 g/mol. The van der Waals surface area contributed by atoms with E-state index in [0.29, 0.717) is 25.6 Å². The molecule has 0 radical (unpaired) electrons. The predicted octanol–water partition coefficient (Wildman–Crippen LogP) is 4.64. The van der Waals surface area contributed by atoms with Crippen LogP contribution < -0.4 is 14.2 Å². The first-order chi connectivity index (χ1) is 14.8. The molecule has 13 heteroatoms. The van der Waals surface area contributed by atoms with Gasteiger partial charge in [0.2, 0.25) is 5.82 Å². The molecule has 0 bridgehead atoms. The summed E-state index contributed by atoms with van der Waals surface area (Å²) in [5.74, 6) is -4.34. The van der Waals surface area contributed by atoms with Gasteiger partial charge in [0.05, 0.1) is 18.4 Å². The Morgan fingerprint density at radius 2 is 1.84 bits per heavy atom. The lowest BCUT2D eigenvalue weighted by Crippen LogP contribution is -2.23. The van der Waals surface area contributed by atoms with Crippen molar-refractivity contribution in [3.63, 3.8) is 0 Å². The number of likely N-dealkylation sites (N-methyl/N-ethyl adjacent to an activating group) is 1. The summed E-state index contributed by atoms with van der Waals surface area (Å²) in [5.41, 5.74) is -1.40. The summed E-state index contributed by atoms with van der Waals surface area (Å²) in [6.07, 6.45) is -4.77. The van der Waals surface area contributed by atoms with E-state index in [2.05, 4.69) is 20.7 Å². The van der Waals surface area contributed by atoms with Crippen LogP contribution >= 0.6 is 15.9 Å². The van der Waals surface area contributed by atoms with Crippen molar-refractivity contribution in [3.8, 4) is 11.5 Å². The van der Waals surface area contributed by atoms with Gasteiger partial charge >= 0.3 is 6.18 Å². The first-order valence-electron chi connectivity index (χ1n) is 9.14. The molecule has 0 spiro atoms. The number of likely N-dealkylation sites (tertiary alicyclic amines) is 1. The van der Waals surface area contributed by atoms with Crippen LogP contribution in [0.4, 0.5) is 27.6 Å². The van der Waals surface area contributed by atoms with Gasteiger partial charge in [-0.2, -0.15) is 17.6 Å². The third-order valence-corrected chi connectivity index (χ3v) is 7.08. The normalized spacial score (nSPS) is 17.4. The molecule has 2 aromatic carbocycles. The van der Waals surface area contributed by atoms with Crippen molar-refractivity contribution in [1.82, 2.24) is 4.90 Å². The highest BCUT2D eigenvalue weighted by Gasteiger charge is 2.36. The maximum absolute atomic E-state index is 14.4. The monoisotopic (exact) mass is 544 g/mol. The summed E-state index contributed by atoms with van der Waals surface area (Å²) in [6, 6.07) is 3.31. The van der Waals surface area contributed by atoms with E-state index in [-0.39, 0.29) is 10.2 Å². The standard InChI is InChI=1S/C19H18BrF5N2O4S/c1-27-6-5-11(9-27)31-14-7-10(3-4-12(14)19(23,24)25)26-32(28,29)18-13(20)8-15(30-2)16(21)17(18)22/h3-4,7-8,11,26H,5-6,9H2,1-2H3/t11-/m0/s1. The molecule has 1 saturated heterocycles. The van der Waals surface area contributed by atoms with E-state index in [0.717, 1.165) is 25.3 Å². The maximum Gasteiger partial charge on any atom is 0.419 e. The number of nitrogens with one attached hydrogen (secondary N) is 1. The molecule has 32 heavy (non-hydrogen) atoms. The van der Waals surface area contributed by atoms with E-state index in [1.54, 1.807) is 7.05 Å². The lowest BCUT2D eigenvalue weighted by Gasteiger charge is -2.20. The quantitative estimate of drug-likeness (QED) is 0.424. The van der Waals surface area contributed by atoms with Gasteiger partial charge in [-0.3, -0.25) is 4.72 Å². The van der Waals surface area contributed by atoms with Crippen LogP contribution in [-0.2, 0) is 16.2 Å². The number of ether oxygens (including phenoxy) is 2. The number of nitrogens with zero attached hydrogens (tertiary/aromatic N) is 1. The molecule has 6 nitrogen and oxygen atoms in total. The molecule has 176 valence electrons. The van der Waals surface area contributed by atoms with Crippen LogP contribution in [-0.4, -0.2) is 46.7 Å². The number of halogens is 6. The fraction of sp³-hybridized carbons (Fsp3) is 0.368. The number of alkyl halides is 3. The van der Waals surface area contributed by atoms with Crippen molar-refractivity contribution < 1.29 is 39.8 Å². The van der Waals surface area contributed by atoms with Gasteiger partial charge in [0.1, 0.15) is 16.7 Å². The average Bonchev–Trinajstić information content (AvgIpc) is 3.08. The van der Waals surface area contributed by atoms with Gasteiger partial charge in [-0.05, 0) is 47.6 Å². The van der Waals surface area contributed by atoms with Gasteiger partial charge in [0.25, 0.3) is 10.0 Å². The van der Waals surface area contributed by atoms with Gasteiger partial charge in [-0.15, -0.1) is 0 Å². The van der Waals surface area contributed by atoms with E-state index in [4.69, 9.17) is 4.74 Å². The van der Waals surface area contributed by atoms with Crippen LogP contribution in [0.3, 0.4) is 0 Å². The molecule has 1 atom stereocenters. The maximum atomic E-state index is 14.4. The zero-order chi connectivity index (χ0) is 23.8. The van der Waals surface area contributed by atoms with Gasteiger partial charge in [0.15, 0.2) is 11.6 Å². The minimum atomic E-state index is -4.74. The van der Waals surface area contributed by atoms with Crippen molar-refractivity contribution in [2.24, 2.45) is 0 Å². The topological polar surface area (TPSA) is 67.9 Å². The van der Waals surface area contributed by atoms with E-state index < -0.39 is 55.9 Å². The van der Waals surface area contributed by atoms with Crippen LogP contribution in [0.1, 0.15) is 12.0 Å². The molecule has 2 aromatic rings. The Balaban J connectivity index is 1.98. The smallest absolute Gasteiger partial charge is 0.419 e. The highest BCUT2D eigenvalue weighted by Crippen LogP contribution is 2.40. The number of rotatable bonds is 6. The molecular formula is C19H18BrF5N2O4S. The third kappa shape index (κ3) is 5.09. The molecule has 0 amide bonds. The van der Waals surface area contributed by atoms with E-state index in [9.17, 15) is 30.4 Å². The summed E-state index contributed by atoms with van der Waals surface area (Å²) in [5, 5.41) is 0. The highest BCUT2D eigenvalue weighted by molar-refractivity contribution is 9.10. The Morgan fingerprint density at radius 1 is 1.16 bits per heavy atom. The minimum Gasteiger partial charge on any atom is -0.494 e. The van der Waals surface area contributed by atoms with Gasteiger partial charge in [0, 0.05) is 23.6 Å². The molecular weight excluding hydrogens is 527 g/mol. The molecule has 1 fully saturated rings. The van der Waals surface area contributed by atoms with Crippen LogP contribution in [0, 0.1) is 11.6 Å². The largest absolute Gasteiger partial charge is 0.494 e. The SMILES string of the molecule is COc1cc(Br)c(S(=O)(=O)Nc2ccc(C(F)(F)F)c(O[C@H]3CCN(C)C3)c2)c(F)c1F. The third-order valence-electron chi connectivity index (χ3n) is 4.75. The second-order valence-corrected chi connectivity index (χ2v) is 9.60. The Bertz CT molecular complexity index is 1130. The summed E-state index contributed by atoms with van der Waals surface area (Å²) >= 11 is 2.85. The first kappa shape index (κ1) is 24.5. The number of hydrogen-bond donors (Lipinski definition) is 1. The van der Waals surface area contributed by atoms with Gasteiger partial charge < -0.3 is 14.4 Å². The van der Waals surface area contributed by atoms with Crippen LogP contribution in [0.15, 0.2) is 33.6 Å². The number of sulfonamides is 1. The van der Waals surface area contributed by atoms with Gasteiger partial charge in [-0.1, -0.05) is 0 Å². The van der Waals surface area contributed by atoms with Gasteiger partial charge in [-0.25, -0.2) is 12.8 Å². The van der Waals surface area contributed by atoms with Crippen LogP contribution in [0.5, 0.6) is 11.5 Å². The number of methoxy groups -OCH3 is 1. The Kier molecular flexibility index (Phi) is 6.91. The Labute approximate surface area is 189 Å². The molecule has 1 N–H and O–H groups in total. The number of benzene rings is 2. The summed E-state index contributed by atoms with van der Waals surface area (Å²) in [4.78, 5) is 0.818. The van der Waals surface area contributed by atoms with E-state index >= 15 is 0 Å². The summed E-state index contributed by atoms with van der Waals surface area (Å²) in [6.45, 7) is 1.03. The molecule has 0 aromatic heterocycles. The van der Waals surface area contributed by atoms with Crippen molar-refractivity contribution >= 4 is 31.6 Å². The minimum absolute atomic E-state index is 0.318. The fourth-order valence-corrected chi connectivity index (χ4v) is 5.45. The van der Waals surface area contributed by atoms with Crippen LogP contribution in [0.2, 0.25) is 0 Å². The van der Waals surface area contributed by atoms with Crippen molar-refractivity contribution in [2.75, 3.05) is 32.0 Å². The molecule has 1 aliphatic rings. The predicted molar refractivity (Wildman–Crippen MR) is 109 cm³/mol. The van der Waals surface area contributed by atoms with Crippen molar-refractivity contribution in [2.45, 2.75) is 23.6 Å².